The van der Waals surface area contributed by atoms with Crippen molar-refractivity contribution in [3.8, 4) is 5.75 Å². The molecule has 5 atom stereocenters. The molecule has 5 rings (SSSR count). The van der Waals surface area contributed by atoms with Gasteiger partial charge in [-0.05, 0) is 36.5 Å². The maximum absolute atomic E-state index is 12.7. The first-order valence-electron chi connectivity index (χ1n) is 9.28. The van der Waals surface area contributed by atoms with Crippen LogP contribution in [-0.4, -0.2) is 35.8 Å². The van der Waals surface area contributed by atoms with Gasteiger partial charge in [0.25, 0.3) is 0 Å². The highest BCUT2D eigenvalue weighted by molar-refractivity contribution is 9.10. The van der Waals surface area contributed by atoms with E-state index in [2.05, 4.69) is 33.4 Å². The van der Waals surface area contributed by atoms with Gasteiger partial charge in [0.05, 0.1) is 24.5 Å². The van der Waals surface area contributed by atoms with Crippen molar-refractivity contribution in [2.75, 3.05) is 13.2 Å². The number of carbonyl (C=O) groups excluding carboxylic acids is 3. The molecule has 4 aliphatic rings. The van der Waals surface area contributed by atoms with Crippen LogP contribution in [0.5, 0.6) is 5.75 Å². The second-order valence-electron chi connectivity index (χ2n) is 7.70. The smallest absolute Gasteiger partial charge is 0.240 e. The van der Waals surface area contributed by atoms with Crippen molar-refractivity contribution in [1.82, 2.24) is 10.2 Å². The minimum Gasteiger partial charge on any atom is -0.493 e. The lowest BCUT2D eigenvalue weighted by Crippen LogP contribution is -2.43. The fraction of sp³-hybridized carbons (Fsp3) is 0.450. The Bertz CT molecular complexity index is 853. The van der Waals surface area contributed by atoms with Gasteiger partial charge in [-0.25, -0.2) is 0 Å². The summed E-state index contributed by atoms with van der Waals surface area (Å²) in [6, 6.07) is 5.50. The van der Waals surface area contributed by atoms with Crippen LogP contribution in [-0.2, 0) is 14.4 Å². The van der Waals surface area contributed by atoms with E-state index >= 15 is 0 Å². The first kappa shape index (κ1) is 17.0. The number of hydrogen-bond acceptors (Lipinski definition) is 4. The molecule has 2 heterocycles. The molecule has 2 bridgehead atoms. The summed E-state index contributed by atoms with van der Waals surface area (Å²) in [5.74, 6) is -0.150. The Balaban J connectivity index is 1.29. The topological polar surface area (TPSA) is 75.7 Å². The number of fused-ring (bicyclic) bond motifs is 6. The van der Waals surface area contributed by atoms with Crippen LogP contribution in [0.1, 0.15) is 24.4 Å². The minimum atomic E-state index is -0.310. The Morgan fingerprint density at radius 3 is 2.59 bits per heavy atom. The SMILES string of the molecule is O=C(CN1C(=O)C2C3C=CC(C3)C2C1=O)NC1CCOc2ccc(Br)cc21. The molecule has 140 valence electrons. The van der Waals surface area contributed by atoms with E-state index in [1.807, 2.05) is 18.2 Å². The Morgan fingerprint density at radius 1 is 1.19 bits per heavy atom. The van der Waals surface area contributed by atoms with E-state index < -0.39 is 0 Å². The third-order valence-corrected chi connectivity index (χ3v) is 6.70. The van der Waals surface area contributed by atoms with Crippen molar-refractivity contribution in [2.24, 2.45) is 23.7 Å². The summed E-state index contributed by atoms with van der Waals surface area (Å²) < 4.78 is 6.55. The molecule has 1 aromatic carbocycles. The Kier molecular flexibility index (Phi) is 3.89. The molecule has 0 radical (unpaired) electrons. The molecule has 1 saturated carbocycles. The van der Waals surface area contributed by atoms with Gasteiger partial charge in [0.15, 0.2) is 0 Å². The zero-order valence-electron chi connectivity index (χ0n) is 14.6. The largest absolute Gasteiger partial charge is 0.493 e. The van der Waals surface area contributed by atoms with E-state index in [-0.39, 0.29) is 54.0 Å². The number of hydrogen-bond donors (Lipinski definition) is 1. The highest BCUT2D eigenvalue weighted by Gasteiger charge is 2.59. The number of nitrogens with one attached hydrogen (secondary N) is 1. The lowest BCUT2D eigenvalue weighted by Gasteiger charge is -2.27. The van der Waals surface area contributed by atoms with Crippen LogP contribution in [0.15, 0.2) is 34.8 Å². The van der Waals surface area contributed by atoms with E-state index in [0.717, 1.165) is 27.1 Å². The molecule has 2 aliphatic heterocycles. The third kappa shape index (κ3) is 2.63. The quantitative estimate of drug-likeness (QED) is 0.588. The molecule has 1 aromatic rings. The van der Waals surface area contributed by atoms with Gasteiger partial charge in [0.1, 0.15) is 12.3 Å². The number of rotatable bonds is 3. The van der Waals surface area contributed by atoms with E-state index in [1.165, 1.54) is 0 Å². The summed E-state index contributed by atoms with van der Waals surface area (Å²) in [6.45, 7) is 0.311. The lowest BCUT2D eigenvalue weighted by atomic mass is 9.85. The number of allylic oxidation sites excluding steroid dienone is 2. The van der Waals surface area contributed by atoms with Crippen molar-refractivity contribution in [3.05, 3.63) is 40.4 Å². The van der Waals surface area contributed by atoms with Gasteiger partial charge >= 0.3 is 0 Å². The molecular formula is C20H19BrN2O4. The second kappa shape index (κ2) is 6.19. The number of imide groups is 1. The summed E-state index contributed by atoms with van der Waals surface area (Å²) in [4.78, 5) is 39.2. The molecule has 7 heteroatoms. The van der Waals surface area contributed by atoms with Gasteiger partial charge in [-0.2, -0.15) is 0 Å². The summed E-state index contributed by atoms with van der Waals surface area (Å²) in [5, 5.41) is 2.97. The first-order valence-corrected chi connectivity index (χ1v) is 10.1. The monoisotopic (exact) mass is 430 g/mol. The summed E-state index contributed by atoms with van der Waals surface area (Å²) in [5.41, 5.74) is 0.905. The van der Waals surface area contributed by atoms with Gasteiger partial charge in [-0.15, -0.1) is 0 Å². The number of carbonyl (C=O) groups is 3. The standard InChI is InChI=1S/C20H19BrN2O4/c21-12-3-4-15-13(8-12)14(5-6-27-15)22-16(24)9-23-19(25)17-10-1-2-11(7-10)18(17)20(23)26/h1-4,8,10-11,14,17-18H,5-7,9H2,(H,22,24). The van der Waals surface area contributed by atoms with Crippen molar-refractivity contribution < 1.29 is 19.1 Å². The highest BCUT2D eigenvalue weighted by Crippen LogP contribution is 2.52. The van der Waals surface area contributed by atoms with E-state index in [0.29, 0.717) is 13.0 Å². The Labute approximate surface area is 165 Å². The predicted octanol–water partition coefficient (Wildman–Crippen LogP) is 2.20. The third-order valence-electron chi connectivity index (χ3n) is 6.21. The van der Waals surface area contributed by atoms with Crippen LogP contribution in [0, 0.1) is 23.7 Å². The molecule has 0 aromatic heterocycles. The average Bonchev–Trinajstić information content (AvgIpc) is 3.32. The van der Waals surface area contributed by atoms with Gasteiger partial charge in [0.2, 0.25) is 17.7 Å². The van der Waals surface area contributed by atoms with Crippen LogP contribution in [0.25, 0.3) is 0 Å². The number of ether oxygens (including phenoxy) is 1. The van der Waals surface area contributed by atoms with E-state index in [4.69, 9.17) is 4.74 Å². The average molecular weight is 431 g/mol. The first-order chi connectivity index (χ1) is 13.0. The molecule has 3 amide bonds. The number of benzene rings is 1. The normalized spacial score (nSPS) is 33.1. The molecule has 2 aliphatic carbocycles. The zero-order chi connectivity index (χ0) is 18.7. The molecule has 5 unspecified atom stereocenters. The van der Waals surface area contributed by atoms with E-state index in [1.54, 1.807) is 0 Å². The zero-order valence-corrected chi connectivity index (χ0v) is 16.1. The highest BCUT2D eigenvalue weighted by atomic mass is 79.9. The summed E-state index contributed by atoms with van der Waals surface area (Å²) in [6.07, 6.45) is 5.64. The van der Waals surface area contributed by atoms with Crippen LogP contribution < -0.4 is 10.1 Å². The molecule has 6 nitrogen and oxygen atoms in total. The molecule has 2 fully saturated rings. The molecule has 27 heavy (non-hydrogen) atoms. The van der Waals surface area contributed by atoms with Crippen molar-refractivity contribution >= 4 is 33.7 Å². The van der Waals surface area contributed by atoms with Crippen LogP contribution in [0.4, 0.5) is 0 Å². The molecule has 1 saturated heterocycles. The van der Waals surface area contributed by atoms with Crippen LogP contribution >= 0.6 is 15.9 Å². The predicted molar refractivity (Wildman–Crippen MR) is 99.6 cm³/mol. The number of likely N-dealkylation sites (tertiary alicyclic amines) is 1. The van der Waals surface area contributed by atoms with Gasteiger partial charge < -0.3 is 10.1 Å². The van der Waals surface area contributed by atoms with Crippen LogP contribution in [0.3, 0.4) is 0 Å². The maximum atomic E-state index is 12.7. The molecule has 1 N–H and O–H groups in total. The summed E-state index contributed by atoms with van der Waals surface area (Å²) in [7, 11) is 0. The van der Waals surface area contributed by atoms with E-state index in [9.17, 15) is 14.4 Å². The number of amides is 3. The number of halogens is 1. The Morgan fingerprint density at radius 2 is 1.89 bits per heavy atom. The lowest BCUT2D eigenvalue weighted by molar-refractivity contribution is -0.144. The maximum Gasteiger partial charge on any atom is 0.240 e. The van der Waals surface area contributed by atoms with Crippen LogP contribution in [0.2, 0.25) is 0 Å². The van der Waals surface area contributed by atoms with Crippen molar-refractivity contribution in [2.45, 2.75) is 18.9 Å². The second-order valence-corrected chi connectivity index (χ2v) is 8.62. The minimum absolute atomic E-state index is 0.157. The summed E-state index contributed by atoms with van der Waals surface area (Å²) >= 11 is 3.44. The fourth-order valence-corrected chi connectivity index (χ4v) is 5.40. The Hall–Kier alpha value is -2.15. The van der Waals surface area contributed by atoms with Gasteiger partial charge in [0, 0.05) is 16.5 Å². The molecular weight excluding hydrogens is 412 g/mol. The fourth-order valence-electron chi connectivity index (χ4n) is 5.02. The molecule has 0 spiro atoms. The van der Waals surface area contributed by atoms with Crippen molar-refractivity contribution in [3.63, 3.8) is 0 Å². The number of nitrogens with zero attached hydrogens (tertiary/aromatic N) is 1. The van der Waals surface area contributed by atoms with Gasteiger partial charge in [-0.3, -0.25) is 19.3 Å². The van der Waals surface area contributed by atoms with Crippen molar-refractivity contribution in [1.29, 1.82) is 0 Å². The van der Waals surface area contributed by atoms with Gasteiger partial charge in [-0.1, -0.05) is 28.1 Å².